The van der Waals surface area contributed by atoms with Gasteiger partial charge in [-0.05, 0) is 18.6 Å². The Morgan fingerprint density at radius 3 is 2.73 bits per heavy atom. The van der Waals surface area contributed by atoms with Crippen LogP contribution in [-0.2, 0) is 14.3 Å². The minimum absolute atomic E-state index is 0.155. The van der Waals surface area contributed by atoms with Crippen LogP contribution in [0.2, 0.25) is 0 Å². The Labute approximate surface area is 137 Å². The number of rotatable bonds is 5. The standard InChI is InChI=1S/C15H17BrN2O4/c1-9-12(14(19)22-8-7-21-2)13(18-15(20)17-9)10-5-3-4-6-11(10)16/h3-6,13H,7-8H2,1-2H3,(H2,17,18,20). The summed E-state index contributed by atoms with van der Waals surface area (Å²) >= 11 is 3.45. The van der Waals surface area contributed by atoms with Gasteiger partial charge >= 0.3 is 12.0 Å². The molecular formula is C15H17BrN2O4. The maximum Gasteiger partial charge on any atom is 0.338 e. The molecule has 0 saturated carbocycles. The lowest BCUT2D eigenvalue weighted by Crippen LogP contribution is -2.45. The van der Waals surface area contributed by atoms with Gasteiger partial charge < -0.3 is 20.1 Å². The SMILES string of the molecule is COCCOC(=O)C1=C(C)NC(=O)NC1c1ccccc1Br. The number of allylic oxidation sites excluding steroid dienone is 1. The maximum atomic E-state index is 12.3. The number of hydrogen-bond acceptors (Lipinski definition) is 4. The number of benzene rings is 1. The van der Waals surface area contributed by atoms with Crippen LogP contribution in [0.1, 0.15) is 18.5 Å². The second kappa shape index (κ2) is 7.42. The first kappa shape index (κ1) is 16.5. The van der Waals surface area contributed by atoms with Crippen LogP contribution in [0.3, 0.4) is 0 Å². The summed E-state index contributed by atoms with van der Waals surface area (Å²) in [6, 6.07) is 6.48. The molecule has 2 N–H and O–H groups in total. The quantitative estimate of drug-likeness (QED) is 0.617. The van der Waals surface area contributed by atoms with E-state index < -0.39 is 12.0 Å². The van der Waals surface area contributed by atoms with Crippen molar-refractivity contribution >= 4 is 27.9 Å². The molecule has 1 aromatic rings. The average molecular weight is 369 g/mol. The zero-order valence-corrected chi connectivity index (χ0v) is 13.9. The number of hydrogen-bond donors (Lipinski definition) is 2. The molecule has 1 aliphatic heterocycles. The zero-order chi connectivity index (χ0) is 16.1. The molecule has 0 saturated heterocycles. The van der Waals surface area contributed by atoms with Crippen molar-refractivity contribution < 1.29 is 19.1 Å². The number of urea groups is 1. The maximum absolute atomic E-state index is 12.3. The predicted octanol–water partition coefficient (Wildman–Crippen LogP) is 2.27. The summed E-state index contributed by atoms with van der Waals surface area (Å²) in [5.74, 6) is -0.484. The number of ether oxygens (including phenoxy) is 2. The fourth-order valence-corrected chi connectivity index (χ4v) is 2.72. The molecule has 1 aliphatic rings. The van der Waals surface area contributed by atoms with Crippen molar-refractivity contribution in [2.75, 3.05) is 20.3 Å². The molecule has 22 heavy (non-hydrogen) atoms. The van der Waals surface area contributed by atoms with Gasteiger partial charge in [0.05, 0.1) is 18.2 Å². The van der Waals surface area contributed by atoms with Gasteiger partial charge in [0.15, 0.2) is 0 Å². The van der Waals surface area contributed by atoms with Gasteiger partial charge in [0.25, 0.3) is 0 Å². The van der Waals surface area contributed by atoms with Crippen LogP contribution in [0.4, 0.5) is 4.79 Å². The Kier molecular flexibility index (Phi) is 5.57. The van der Waals surface area contributed by atoms with Gasteiger partial charge in [0, 0.05) is 17.3 Å². The van der Waals surface area contributed by atoms with Gasteiger partial charge in [-0.1, -0.05) is 34.1 Å². The highest BCUT2D eigenvalue weighted by Gasteiger charge is 2.33. The Balaban J connectivity index is 2.33. The normalized spacial score (nSPS) is 17.8. The highest BCUT2D eigenvalue weighted by molar-refractivity contribution is 9.10. The van der Waals surface area contributed by atoms with E-state index in [0.29, 0.717) is 17.9 Å². The van der Waals surface area contributed by atoms with Crippen LogP contribution in [0.15, 0.2) is 40.0 Å². The van der Waals surface area contributed by atoms with Crippen molar-refractivity contribution in [3.8, 4) is 0 Å². The van der Waals surface area contributed by atoms with Crippen LogP contribution in [0, 0.1) is 0 Å². The summed E-state index contributed by atoms with van der Waals surface area (Å²) in [7, 11) is 1.53. The van der Waals surface area contributed by atoms with E-state index >= 15 is 0 Å². The molecule has 0 radical (unpaired) electrons. The molecule has 1 heterocycles. The first-order valence-electron chi connectivity index (χ1n) is 6.73. The third-order valence-corrected chi connectivity index (χ3v) is 3.95. The molecule has 7 heteroatoms. The molecule has 118 valence electrons. The summed E-state index contributed by atoms with van der Waals surface area (Å²) in [5.41, 5.74) is 1.64. The monoisotopic (exact) mass is 368 g/mol. The third kappa shape index (κ3) is 3.66. The molecule has 0 spiro atoms. The lowest BCUT2D eigenvalue weighted by molar-refractivity contribution is -0.140. The first-order valence-corrected chi connectivity index (χ1v) is 7.52. The fraction of sp³-hybridized carbons (Fsp3) is 0.333. The van der Waals surface area contributed by atoms with Crippen LogP contribution >= 0.6 is 15.9 Å². The first-order chi connectivity index (χ1) is 10.5. The van der Waals surface area contributed by atoms with Crippen molar-refractivity contribution in [2.24, 2.45) is 0 Å². The summed E-state index contributed by atoms with van der Waals surface area (Å²) < 4.78 is 10.9. The molecule has 1 unspecified atom stereocenters. The Hall–Kier alpha value is -1.86. The lowest BCUT2D eigenvalue weighted by Gasteiger charge is -2.28. The minimum Gasteiger partial charge on any atom is -0.460 e. The molecule has 1 atom stereocenters. The van der Waals surface area contributed by atoms with Crippen molar-refractivity contribution in [2.45, 2.75) is 13.0 Å². The van der Waals surface area contributed by atoms with Crippen LogP contribution in [-0.4, -0.2) is 32.3 Å². The molecule has 0 fully saturated rings. The molecule has 0 aromatic heterocycles. The van der Waals surface area contributed by atoms with E-state index in [1.54, 1.807) is 6.92 Å². The number of carbonyl (C=O) groups excluding carboxylic acids is 2. The van der Waals surface area contributed by atoms with Crippen molar-refractivity contribution in [1.82, 2.24) is 10.6 Å². The van der Waals surface area contributed by atoms with Gasteiger partial charge in [0.1, 0.15) is 6.61 Å². The molecular weight excluding hydrogens is 352 g/mol. The second-order valence-electron chi connectivity index (χ2n) is 4.72. The number of nitrogens with one attached hydrogen (secondary N) is 2. The van der Waals surface area contributed by atoms with Gasteiger partial charge in [0.2, 0.25) is 0 Å². The van der Waals surface area contributed by atoms with Crippen molar-refractivity contribution in [1.29, 1.82) is 0 Å². The van der Waals surface area contributed by atoms with Gasteiger partial charge in [-0.15, -0.1) is 0 Å². The van der Waals surface area contributed by atoms with Crippen LogP contribution in [0.25, 0.3) is 0 Å². The van der Waals surface area contributed by atoms with E-state index in [-0.39, 0.29) is 12.6 Å². The Morgan fingerprint density at radius 2 is 2.05 bits per heavy atom. The van der Waals surface area contributed by atoms with Crippen molar-refractivity contribution in [3.05, 3.63) is 45.6 Å². The van der Waals surface area contributed by atoms with Crippen LogP contribution < -0.4 is 10.6 Å². The van der Waals surface area contributed by atoms with Gasteiger partial charge in [-0.25, -0.2) is 9.59 Å². The second-order valence-corrected chi connectivity index (χ2v) is 5.57. The number of amides is 2. The van der Waals surface area contributed by atoms with E-state index in [0.717, 1.165) is 10.0 Å². The van der Waals surface area contributed by atoms with E-state index in [1.165, 1.54) is 7.11 Å². The summed E-state index contributed by atoms with van der Waals surface area (Å²) in [5, 5.41) is 5.36. The smallest absolute Gasteiger partial charge is 0.338 e. The molecule has 0 aliphatic carbocycles. The number of carbonyl (C=O) groups is 2. The zero-order valence-electron chi connectivity index (χ0n) is 12.3. The lowest BCUT2D eigenvalue weighted by atomic mass is 9.95. The number of esters is 1. The van der Waals surface area contributed by atoms with E-state index in [4.69, 9.17) is 9.47 Å². The van der Waals surface area contributed by atoms with Crippen molar-refractivity contribution in [3.63, 3.8) is 0 Å². The van der Waals surface area contributed by atoms with Crippen LogP contribution in [0.5, 0.6) is 0 Å². The summed E-state index contributed by atoms with van der Waals surface area (Å²) in [6.07, 6.45) is 0. The van der Waals surface area contributed by atoms with Gasteiger partial charge in [-0.3, -0.25) is 0 Å². The van der Waals surface area contributed by atoms with Gasteiger partial charge in [-0.2, -0.15) is 0 Å². The number of halogens is 1. The Morgan fingerprint density at radius 1 is 1.32 bits per heavy atom. The molecule has 0 bridgehead atoms. The molecule has 2 amide bonds. The molecule has 2 rings (SSSR count). The average Bonchev–Trinajstić information content (AvgIpc) is 2.47. The highest BCUT2D eigenvalue weighted by Crippen LogP contribution is 2.32. The fourth-order valence-electron chi connectivity index (χ4n) is 2.20. The predicted molar refractivity (Wildman–Crippen MR) is 84.1 cm³/mol. The minimum atomic E-state index is -0.570. The van der Waals surface area contributed by atoms with E-state index in [9.17, 15) is 9.59 Å². The topological polar surface area (TPSA) is 76.7 Å². The summed E-state index contributed by atoms with van der Waals surface area (Å²) in [4.78, 5) is 24.1. The number of methoxy groups -OCH3 is 1. The molecule has 1 aromatic carbocycles. The third-order valence-electron chi connectivity index (χ3n) is 3.23. The van der Waals surface area contributed by atoms with E-state index in [1.807, 2.05) is 24.3 Å². The van der Waals surface area contributed by atoms with E-state index in [2.05, 4.69) is 26.6 Å². The molecule has 6 nitrogen and oxygen atoms in total. The Bertz CT molecular complexity index is 615. The summed E-state index contributed by atoms with van der Waals surface area (Å²) in [6.45, 7) is 2.15. The highest BCUT2D eigenvalue weighted by atomic mass is 79.9. The largest absolute Gasteiger partial charge is 0.460 e.